The van der Waals surface area contributed by atoms with Gasteiger partial charge in [0.15, 0.2) is 0 Å². The number of benzene rings is 1. The van der Waals surface area contributed by atoms with Gasteiger partial charge in [-0.15, -0.1) is 0 Å². The molecule has 0 aliphatic rings. The van der Waals surface area contributed by atoms with E-state index in [0.717, 1.165) is 31.4 Å². The van der Waals surface area contributed by atoms with Crippen LogP contribution in [0.3, 0.4) is 0 Å². The molecular formula is C19H26O. The van der Waals surface area contributed by atoms with E-state index < -0.39 is 0 Å². The molecule has 0 bridgehead atoms. The highest BCUT2D eigenvalue weighted by Crippen LogP contribution is 2.21. The molecular weight excluding hydrogens is 244 g/mol. The predicted molar refractivity (Wildman–Crippen MR) is 88.3 cm³/mol. The first-order valence-corrected chi connectivity index (χ1v) is 7.47. The third-order valence-electron chi connectivity index (χ3n) is 3.07. The van der Waals surface area contributed by atoms with Crippen LogP contribution in [0, 0.1) is 0 Å². The van der Waals surface area contributed by atoms with Crippen LogP contribution >= 0.6 is 0 Å². The molecule has 1 nitrogen and oxygen atoms in total. The number of rotatable bonds is 9. The summed E-state index contributed by atoms with van der Waals surface area (Å²) in [6, 6.07) is 8.24. The van der Waals surface area contributed by atoms with Gasteiger partial charge in [-0.25, -0.2) is 0 Å². The summed E-state index contributed by atoms with van der Waals surface area (Å²) in [6.07, 6.45) is 12.4. The molecule has 0 saturated carbocycles. The van der Waals surface area contributed by atoms with Crippen LogP contribution in [0.5, 0.6) is 5.75 Å². The maximum atomic E-state index is 5.87. The van der Waals surface area contributed by atoms with Gasteiger partial charge < -0.3 is 4.74 Å². The fourth-order valence-electron chi connectivity index (χ4n) is 1.81. The van der Waals surface area contributed by atoms with Crippen molar-refractivity contribution in [3.63, 3.8) is 0 Å². The summed E-state index contributed by atoms with van der Waals surface area (Å²) in [5.41, 5.74) is 2.47. The van der Waals surface area contributed by atoms with E-state index in [1.165, 1.54) is 11.1 Å². The Morgan fingerprint density at radius 3 is 2.65 bits per heavy atom. The number of ether oxygens (including phenoxy) is 1. The van der Waals surface area contributed by atoms with E-state index in [-0.39, 0.29) is 0 Å². The van der Waals surface area contributed by atoms with Gasteiger partial charge in [0.05, 0.1) is 6.61 Å². The van der Waals surface area contributed by atoms with E-state index in [1.807, 2.05) is 12.1 Å². The normalized spacial score (nSPS) is 11.3. The minimum Gasteiger partial charge on any atom is -0.493 e. The maximum Gasteiger partial charge on any atom is 0.122 e. The van der Waals surface area contributed by atoms with E-state index >= 15 is 0 Å². The van der Waals surface area contributed by atoms with Crippen molar-refractivity contribution in [1.82, 2.24) is 0 Å². The van der Waals surface area contributed by atoms with Crippen molar-refractivity contribution in [2.45, 2.75) is 39.5 Å². The summed E-state index contributed by atoms with van der Waals surface area (Å²) in [7, 11) is 0. The molecule has 1 rings (SSSR count). The van der Waals surface area contributed by atoms with Crippen LogP contribution in [0.15, 0.2) is 60.7 Å². The highest BCUT2D eigenvalue weighted by molar-refractivity contribution is 5.36. The summed E-state index contributed by atoms with van der Waals surface area (Å²) in [5, 5.41) is 0. The highest BCUT2D eigenvalue weighted by Gasteiger charge is 2.03. The first-order valence-electron chi connectivity index (χ1n) is 7.47. The molecule has 1 aromatic rings. The number of hydrogen-bond acceptors (Lipinski definition) is 1. The van der Waals surface area contributed by atoms with Crippen LogP contribution in [0.25, 0.3) is 0 Å². The molecule has 0 atom stereocenters. The quantitative estimate of drug-likeness (QED) is 0.328. The zero-order valence-corrected chi connectivity index (χ0v) is 12.8. The molecule has 0 heterocycles. The molecule has 0 spiro atoms. The van der Waals surface area contributed by atoms with Gasteiger partial charge in [-0.3, -0.25) is 0 Å². The van der Waals surface area contributed by atoms with Crippen LogP contribution in [0.2, 0.25) is 0 Å². The molecule has 0 aliphatic heterocycles. The average Bonchev–Trinajstić information content (AvgIpc) is 2.47. The molecule has 108 valence electrons. The molecule has 0 amide bonds. The summed E-state index contributed by atoms with van der Waals surface area (Å²) in [4.78, 5) is 0. The maximum absolute atomic E-state index is 5.87. The van der Waals surface area contributed by atoms with Crippen LogP contribution in [-0.4, -0.2) is 6.61 Å². The predicted octanol–water partition coefficient (Wildman–Crippen LogP) is 5.49. The lowest BCUT2D eigenvalue weighted by Gasteiger charge is -2.11. The van der Waals surface area contributed by atoms with Crippen LogP contribution < -0.4 is 4.74 Å². The van der Waals surface area contributed by atoms with E-state index in [9.17, 15) is 0 Å². The zero-order valence-electron chi connectivity index (χ0n) is 12.8. The molecule has 0 fully saturated rings. The van der Waals surface area contributed by atoms with Crippen molar-refractivity contribution in [3.8, 4) is 5.75 Å². The molecule has 20 heavy (non-hydrogen) atoms. The van der Waals surface area contributed by atoms with Gasteiger partial charge in [0.2, 0.25) is 0 Å². The van der Waals surface area contributed by atoms with Crippen molar-refractivity contribution in [1.29, 1.82) is 0 Å². The monoisotopic (exact) mass is 270 g/mol. The Kier molecular flexibility index (Phi) is 8.21. The molecule has 0 saturated heterocycles. The molecule has 0 N–H and O–H groups in total. The van der Waals surface area contributed by atoms with Gasteiger partial charge >= 0.3 is 0 Å². The number of para-hydroxylation sites is 1. The highest BCUT2D eigenvalue weighted by atomic mass is 16.5. The molecule has 0 radical (unpaired) electrons. The molecule has 0 aliphatic carbocycles. The third-order valence-corrected chi connectivity index (χ3v) is 3.07. The lowest BCUT2D eigenvalue weighted by Crippen LogP contribution is -2.00. The Hall–Kier alpha value is -1.76. The van der Waals surface area contributed by atoms with E-state index in [0.29, 0.717) is 6.61 Å². The number of allylic oxidation sites excluding steroid dienone is 4. The van der Waals surface area contributed by atoms with Crippen LogP contribution in [-0.2, 0) is 6.42 Å². The Balaban J connectivity index is 2.45. The van der Waals surface area contributed by atoms with Gasteiger partial charge in [0.25, 0.3) is 0 Å². The van der Waals surface area contributed by atoms with Crippen molar-refractivity contribution in [3.05, 3.63) is 66.3 Å². The lowest BCUT2D eigenvalue weighted by atomic mass is 10.0. The average molecular weight is 270 g/mol. The zero-order chi connectivity index (χ0) is 14.6. The minimum atomic E-state index is 0.714. The molecule has 0 unspecified atom stereocenters. The van der Waals surface area contributed by atoms with Crippen LogP contribution in [0.1, 0.15) is 38.7 Å². The standard InChI is InChI=1S/C19H26O/c1-4-6-7-8-9-12-15-20-19-14-11-10-13-18(19)16-17(3)5-2/h6-11,13-14H,3-5,12,15-16H2,1-2H3/b7-6-,9-8-. The summed E-state index contributed by atoms with van der Waals surface area (Å²) >= 11 is 0. The minimum absolute atomic E-state index is 0.714. The van der Waals surface area contributed by atoms with Crippen molar-refractivity contribution in [2.24, 2.45) is 0 Å². The van der Waals surface area contributed by atoms with Crippen molar-refractivity contribution in [2.75, 3.05) is 6.61 Å². The first kappa shape index (κ1) is 16.3. The fourth-order valence-corrected chi connectivity index (χ4v) is 1.81. The smallest absolute Gasteiger partial charge is 0.122 e. The molecule has 0 aromatic heterocycles. The van der Waals surface area contributed by atoms with Gasteiger partial charge in [0.1, 0.15) is 5.75 Å². The van der Waals surface area contributed by atoms with Crippen LogP contribution in [0.4, 0.5) is 0 Å². The van der Waals surface area contributed by atoms with E-state index in [2.05, 4.69) is 56.9 Å². The van der Waals surface area contributed by atoms with E-state index in [1.54, 1.807) is 0 Å². The van der Waals surface area contributed by atoms with E-state index in [4.69, 9.17) is 4.74 Å². The lowest BCUT2D eigenvalue weighted by molar-refractivity contribution is 0.322. The largest absolute Gasteiger partial charge is 0.493 e. The van der Waals surface area contributed by atoms with Gasteiger partial charge in [-0.1, -0.05) is 68.5 Å². The second-order valence-electron chi connectivity index (χ2n) is 4.79. The molecule has 1 aromatic carbocycles. The Labute approximate surface area is 123 Å². The van der Waals surface area contributed by atoms with Crippen molar-refractivity contribution < 1.29 is 4.74 Å². The van der Waals surface area contributed by atoms with Crippen molar-refractivity contribution >= 4 is 0 Å². The fraction of sp³-hybridized carbons (Fsp3) is 0.368. The van der Waals surface area contributed by atoms with Gasteiger partial charge in [0, 0.05) is 0 Å². The Morgan fingerprint density at radius 1 is 1.15 bits per heavy atom. The topological polar surface area (TPSA) is 9.23 Å². The van der Waals surface area contributed by atoms with Gasteiger partial charge in [-0.05, 0) is 37.3 Å². The van der Waals surface area contributed by atoms with Gasteiger partial charge in [-0.2, -0.15) is 0 Å². The Morgan fingerprint density at radius 2 is 1.90 bits per heavy atom. The second-order valence-corrected chi connectivity index (χ2v) is 4.79. The summed E-state index contributed by atoms with van der Waals surface area (Å²) < 4.78 is 5.87. The SMILES string of the molecule is C=C(CC)Cc1ccccc1OCC/C=C\C=C/CC. The first-order chi connectivity index (χ1) is 9.77. The third kappa shape index (κ3) is 6.42. The number of hydrogen-bond donors (Lipinski definition) is 0. The Bertz CT molecular complexity index is 455. The summed E-state index contributed by atoms with van der Waals surface area (Å²) in [5.74, 6) is 0.986. The summed E-state index contributed by atoms with van der Waals surface area (Å²) in [6.45, 7) is 9.06. The molecule has 1 heteroatoms. The second kappa shape index (κ2) is 10.1.